The average molecular weight is 352 g/mol. The number of nitrogens with two attached hydrogens (primary N) is 1. The molecule has 21 heavy (non-hydrogen) atoms. The summed E-state index contributed by atoms with van der Waals surface area (Å²) in [7, 11) is 0. The van der Waals surface area contributed by atoms with Gasteiger partial charge in [-0.2, -0.15) is 11.8 Å². The van der Waals surface area contributed by atoms with E-state index in [4.69, 9.17) is 28.9 Å². The molecule has 0 unspecified atom stereocenters. The minimum absolute atomic E-state index is 0.0151. The molecule has 0 aliphatic rings. The Morgan fingerprint density at radius 3 is 2.67 bits per heavy atom. The molecule has 0 aliphatic heterocycles. The number of amides is 3. The van der Waals surface area contributed by atoms with Gasteiger partial charge in [0.1, 0.15) is 6.04 Å². The average Bonchev–Trinajstić information content (AvgIpc) is 2.39. The molecule has 1 aromatic rings. The molecule has 0 bridgehead atoms. The highest BCUT2D eigenvalue weighted by atomic mass is 35.5. The fraction of sp³-hybridized carbons (Fsp3) is 0.333. The van der Waals surface area contributed by atoms with Crippen molar-refractivity contribution >= 4 is 52.6 Å². The van der Waals surface area contributed by atoms with E-state index in [2.05, 4.69) is 10.6 Å². The van der Waals surface area contributed by atoms with Crippen molar-refractivity contribution in [2.45, 2.75) is 12.5 Å². The predicted octanol–water partition coefficient (Wildman–Crippen LogP) is 2.43. The summed E-state index contributed by atoms with van der Waals surface area (Å²) in [4.78, 5) is 23.1. The van der Waals surface area contributed by atoms with Crippen molar-refractivity contribution in [2.24, 2.45) is 5.73 Å². The third-order valence-electron chi connectivity index (χ3n) is 2.53. The van der Waals surface area contributed by atoms with Crippen molar-refractivity contribution in [2.75, 3.05) is 17.3 Å². The predicted molar refractivity (Wildman–Crippen MR) is 86.3 cm³/mol. The van der Waals surface area contributed by atoms with Crippen molar-refractivity contribution in [3.05, 3.63) is 22.2 Å². The van der Waals surface area contributed by atoms with Crippen LogP contribution in [0.15, 0.2) is 12.1 Å². The molecule has 1 atom stereocenters. The van der Waals surface area contributed by atoms with Crippen LogP contribution in [0.3, 0.4) is 0 Å². The van der Waals surface area contributed by atoms with E-state index in [0.29, 0.717) is 12.2 Å². The highest BCUT2D eigenvalue weighted by Gasteiger charge is 2.21. The topological polar surface area (TPSA) is 104 Å². The highest BCUT2D eigenvalue weighted by Crippen LogP contribution is 2.35. The lowest BCUT2D eigenvalue weighted by molar-refractivity contribution is -0.118. The van der Waals surface area contributed by atoms with Gasteiger partial charge in [0, 0.05) is 5.02 Å². The molecule has 6 nitrogen and oxygen atoms in total. The maximum atomic E-state index is 12.1. The third kappa shape index (κ3) is 5.53. The first-order chi connectivity index (χ1) is 9.85. The van der Waals surface area contributed by atoms with Gasteiger partial charge in [0.2, 0.25) is 5.91 Å². The first-order valence-corrected chi connectivity index (χ1v) is 8.04. The van der Waals surface area contributed by atoms with Crippen LogP contribution in [0.1, 0.15) is 6.42 Å². The molecule has 0 aromatic heterocycles. The standard InChI is InChI=1S/C12H15Cl2N3O3S/c1-21-3-2-8(17-12(15)20)11(19)16-9-5-6(13)4-7(14)10(9)18/h4-5,8,18H,2-3H2,1H3,(H,16,19)(H3,15,17,20)/t8-/m0/s1. The van der Waals surface area contributed by atoms with Crippen molar-refractivity contribution in [1.29, 1.82) is 0 Å². The molecule has 116 valence electrons. The zero-order chi connectivity index (χ0) is 16.0. The number of urea groups is 1. The van der Waals surface area contributed by atoms with Gasteiger partial charge >= 0.3 is 6.03 Å². The first-order valence-electron chi connectivity index (χ1n) is 5.89. The van der Waals surface area contributed by atoms with Crippen LogP contribution in [0.5, 0.6) is 5.75 Å². The number of rotatable bonds is 6. The molecular formula is C12H15Cl2N3O3S. The Hall–Kier alpha value is -1.31. The molecule has 0 heterocycles. The van der Waals surface area contributed by atoms with E-state index < -0.39 is 18.0 Å². The lowest BCUT2D eigenvalue weighted by atomic mass is 10.2. The molecule has 0 saturated carbocycles. The van der Waals surface area contributed by atoms with Gasteiger partial charge in [0.15, 0.2) is 5.75 Å². The van der Waals surface area contributed by atoms with E-state index >= 15 is 0 Å². The number of nitrogens with one attached hydrogen (secondary N) is 2. The smallest absolute Gasteiger partial charge is 0.312 e. The zero-order valence-electron chi connectivity index (χ0n) is 11.2. The minimum atomic E-state index is -0.813. The number of phenolic OH excluding ortho intramolecular Hbond substituents is 1. The number of anilines is 1. The van der Waals surface area contributed by atoms with Crippen LogP contribution in [0.25, 0.3) is 0 Å². The van der Waals surface area contributed by atoms with E-state index in [1.807, 2.05) is 6.26 Å². The second-order valence-electron chi connectivity index (χ2n) is 4.12. The largest absolute Gasteiger partial charge is 0.504 e. The summed E-state index contributed by atoms with van der Waals surface area (Å²) < 4.78 is 0. The molecule has 3 amide bonds. The summed E-state index contributed by atoms with van der Waals surface area (Å²) in [6.45, 7) is 0. The Morgan fingerprint density at radius 1 is 1.43 bits per heavy atom. The van der Waals surface area contributed by atoms with Gasteiger partial charge in [0.25, 0.3) is 0 Å². The van der Waals surface area contributed by atoms with Crippen LogP contribution in [0.4, 0.5) is 10.5 Å². The number of hydrogen-bond donors (Lipinski definition) is 4. The molecule has 0 radical (unpaired) electrons. The molecular weight excluding hydrogens is 337 g/mol. The minimum Gasteiger partial charge on any atom is -0.504 e. The Kier molecular flexibility index (Phi) is 6.94. The monoisotopic (exact) mass is 351 g/mol. The number of phenols is 1. The molecule has 5 N–H and O–H groups in total. The number of hydrogen-bond acceptors (Lipinski definition) is 4. The van der Waals surface area contributed by atoms with Crippen LogP contribution in [0, 0.1) is 0 Å². The summed E-state index contributed by atoms with van der Waals surface area (Å²) in [5.41, 5.74) is 5.11. The van der Waals surface area contributed by atoms with Crippen molar-refractivity contribution in [3.8, 4) is 5.75 Å². The summed E-state index contributed by atoms with van der Waals surface area (Å²) in [6, 6.07) is 1.09. The Labute approximate surface area is 136 Å². The first kappa shape index (κ1) is 17.7. The van der Waals surface area contributed by atoms with E-state index in [1.165, 1.54) is 23.9 Å². The van der Waals surface area contributed by atoms with E-state index in [1.54, 1.807) is 0 Å². The van der Waals surface area contributed by atoms with Crippen LogP contribution in [0.2, 0.25) is 10.0 Å². The Morgan fingerprint density at radius 2 is 2.10 bits per heavy atom. The SMILES string of the molecule is CSCC[C@H](NC(N)=O)C(=O)Nc1cc(Cl)cc(Cl)c1O. The summed E-state index contributed by atoms with van der Waals surface area (Å²) in [5.74, 6) is -0.158. The summed E-state index contributed by atoms with van der Waals surface area (Å²) in [6.07, 6.45) is 2.27. The third-order valence-corrected chi connectivity index (χ3v) is 3.68. The lowest BCUT2D eigenvalue weighted by Crippen LogP contribution is -2.46. The molecule has 9 heteroatoms. The second kappa shape index (κ2) is 8.21. The second-order valence-corrected chi connectivity index (χ2v) is 5.94. The fourth-order valence-electron chi connectivity index (χ4n) is 1.56. The van der Waals surface area contributed by atoms with Gasteiger partial charge in [-0.1, -0.05) is 23.2 Å². The quantitative estimate of drug-likeness (QED) is 0.590. The maximum absolute atomic E-state index is 12.1. The molecule has 1 aromatic carbocycles. The Balaban J connectivity index is 2.87. The molecule has 0 fully saturated rings. The van der Waals surface area contributed by atoms with Crippen molar-refractivity contribution in [3.63, 3.8) is 0 Å². The van der Waals surface area contributed by atoms with Gasteiger partial charge in [0.05, 0.1) is 10.7 Å². The number of aromatic hydroxyl groups is 1. The van der Waals surface area contributed by atoms with Crippen LogP contribution < -0.4 is 16.4 Å². The molecule has 0 aliphatic carbocycles. The number of carbonyl (C=O) groups is 2. The van der Waals surface area contributed by atoms with E-state index in [0.717, 1.165) is 0 Å². The van der Waals surface area contributed by atoms with Gasteiger partial charge in [-0.3, -0.25) is 4.79 Å². The maximum Gasteiger partial charge on any atom is 0.312 e. The lowest BCUT2D eigenvalue weighted by Gasteiger charge is -2.17. The number of thioether (sulfide) groups is 1. The van der Waals surface area contributed by atoms with Gasteiger partial charge in [-0.25, -0.2) is 4.79 Å². The molecule has 0 saturated heterocycles. The number of benzene rings is 1. The number of carbonyl (C=O) groups excluding carboxylic acids is 2. The molecule has 0 spiro atoms. The van der Waals surface area contributed by atoms with Crippen molar-refractivity contribution < 1.29 is 14.7 Å². The summed E-state index contributed by atoms with van der Waals surface area (Å²) in [5, 5.41) is 14.9. The van der Waals surface area contributed by atoms with Gasteiger partial charge in [-0.15, -0.1) is 0 Å². The van der Waals surface area contributed by atoms with Crippen LogP contribution in [-0.4, -0.2) is 35.1 Å². The Bertz CT molecular complexity index is 543. The van der Waals surface area contributed by atoms with Crippen LogP contribution >= 0.6 is 35.0 Å². The van der Waals surface area contributed by atoms with Gasteiger partial charge in [-0.05, 0) is 30.6 Å². The zero-order valence-corrected chi connectivity index (χ0v) is 13.5. The molecule has 1 rings (SSSR count). The fourth-order valence-corrected chi connectivity index (χ4v) is 2.52. The van der Waals surface area contributed by atoms with E-state index in [-0.39, 0.29) is 21.5 Å². The van der Waals surface area contributed by atoms with Crippen molar-refractivity contribution in [1.82, 2.24) is 5.32 Å². The normalized spacial score (nSPS) is 11.8. The highest BCUT2D eigenvalue weighted by molar-refractivity contribution is 7.98. The number of halogens is 2. The summed E-state index contributed by atoms with van der Waals surface area (Å²) >= 11 is 13.1. The number of primary amides is 1. The van der Waals surface area contributed by atoms with Crippen LogP contribution in [-0.2, 0) is 4.79 Å². The van der Waals surface area contributed by atoms with Gasteiger partial charge < -0.3 is 21.5 Å². The van der Waals surface area contributed by atoms with E-state index in [9.17, 15) is 14.7 Å².